The summed E-state index contributed by atoms with van der Waals surface area (Å²) in [7, 11) is 0. The van der Waals surface area contributed by atoms with E-state index in [1.807, 2.05) is 0 Å². The highest BCUT2D eigenvalue weighted by Gasteiger charge is 2.49. The lowest BCUT2D eigenvalue weighted by atomic mass is 10.1. The molecule has 25 heavy (non-hydrogen) atoms. The zero-order valence-electron chi connectivity index (χ0n) is 14.3. The van der Waals surface area contributed by atoms with Gasteiger partial charge in [-0.2, -0.15) is 11.8 Å². The summed E-state index contributed by atoms with van der Waals surface area (Å²) in [6, 6.07) is -1.06. The van der Waals surface area contributed by atoms with Crippen LogP contribution in [0.15, 0.2) is 0 Å². The monoisotopic (exact) mass is 368 g/mol. The molecule has 8 nitrogen and oxygen atoms in total. The normalized spacial score (nSPS) is 31.3. The molecule has 1 unspecified atom stereocenters. The highest BCUT2D eigenvalue weighted by molar-refractivity contribution is 8.00. The average molecular weight is 368 g/mol. The molecule has 0 aromatic carbocycles. The number of hydrogen-bond donors (Lipinski definition) is 2. The SMILES string of the molecule is CC(=O)NCCC(=O)N1C[C@H]2C[C@@H]1C(=O)N1C(CC[C@H]1C(N)=O)CS2. The number of thioether (sulfide) groups is 1. The Balaban J connectivity index is 1.74. The Bertz CT molecular complexity index is 599. The van der Waals surface area contributed by atoms with Gasteiger partial charge in [-0.05, 0) is 19.3 Å². The van der Waals surface area contributed by atoms with Gasteiger partial charge in [0.05, 0.1) is 0 Å². The average Bonchev–Trinajstić information content (AvgIpc) is 3.15. The predicted molar refractivity (Wildman–Crippen MR) is 92.5 cm³/mol. The Morgan fingerprint density at radius 3 is 2.76 bits per heavy atom. The first-order valence-electron chi connectivity index (χ1n) is 8.65. The van der Waals surface area contributed by atoms with Crippen molar-refractivity contribution < 1.29 is 19.2 Å². The van der Waals surface area contributed by atoms with Crippen LogP contribution in [0.3, 0.4) is 0 Å². The molecule has 0 radical (unpaired) electrons. The number of carbonyl (C=O) groups is 4. The van der Waals surface area contributed by atoms with Crippen LogP contribution in [0.2, 0.25) is 0 Å². The molecule has 3 N–H and O–H groups in total. The molecule has 0 aliphatic carbocycles. The molecule has 3 aliphatic rings. The van der Waals surface area contributed by atoms with E-state index in [1.165, 1.54) is 6.92 Å². The summed E-state index contributed by atoms with van der Waals surface area (Å²) in [4.78, 5) is 51.6. The number of amides is 4. The molecule has 138 valence electrons. The summed E-state index contributed by atoms with van der Waals surface area (Å²) in [6.07, 6.45) is 2.16. The molecule has 0 spiro atoms. The van der Waals surface area contributed by atoms with Crippen LogP contribution < -0.4 is 11.1 Å². The lowest BCUT2D eigenvalue weighted by molar-refractivity contribution is -0.147. The van der Waals surface area contributed by atoms with Crippen molar-refractivity contribution in [3.8, 4) is 0 Å². The van der Waals surface area contributed by atoms with Crippen LogP contribution in [-0.4, -0.2) is 75.6 Å². The minimum atomic E-state index is -0.563. The van der Waals surface area contributed by atoms with Crippen LogP contribution in [0.1, 0.15) is 32.6 Å². The van der Waals surface area contributed by atoms with E-state index in [9.17, 15) is 19.2 Å². The molecule has 3 heterocycles. The maximum absolute atomic E-state index is 13.1. The fraction of sp³-hybridized carbons (Fsp3) is 0.750. The van der Waals surface area contributed by atoms with E-state index in [4.69, 9.17) is 5.73 Å². The molecule has 3 fully saturated rings. The quantitative estimate of drug-likeness (QED) is 0.666. The van der Waals surface area contributed by atoms with Gasteiger partial charge in [-0.3, -0.25) is 19.2 Å². The van der Waals surface area contributed by atoms with E-state index in [0.717, 1.165) is 12.2 Å². The van der Waals surface area contributed by atoms with E-state index in [0.29, 0.717) is 19.4 Å². The number of carbonyl (C=O) groups excluding carboxylic acids is 4. The third kappa shape index (κ3) is 3.61. The lowest BCUT2D eigenvalue weighted by Gasteiger charge is -2.34. The van der Waals surface area contributed by atoms with Gasteiger partial charge in [0.2, 0.25) is 23.6 Å². The minimum absolute atomic E-state index is 0.0229. The van der Waals surface area contributed by atoms with Crippen molar-refractivity contribution in [1.29, 1.82) is 0 Å². The Morgan fingerprint density at radius 1 is 1.32 bits per heavy atom. The maximum atomic E-state index is 13.1. The molecule has 3 rings (SSSR count). The van der Waals surface area contributed by atoms with Gasteiger partial charge in [0.25, 0.3) is 0 Å². The molecule has 3 aliphatic heterocycles. The summed E-state index contributed by atoms with van der Waals surface area (Å²) in [6.45, 7) is 2.21. The second-order valence-corrected chi connectivity index (χ2v) is 8.21. The van der Waals surface area contributed by atoms with Gasteiger partial charge in [-0.1, -0.05) is 0 Å². The van der Waals surface area contributed by atoms with Crippen LogP contribution in [0, 0.1) is 0 Å². The van der Waals surface area contributed by atoms with E-state index >= 15 is 0 Å². The maximum Gasteiger partial charge on any atom is 0.246 e. The number of hydrogen-bond acceptors (Lipinski definition) is 5. The van der Waals surface area contributed by atoms with Crippen molar-refractivity contribution in [1.82, 2.24) is 15.1 Å². The number of nitrogens with one attached hydrogen (secondary N) is 1. The topological polar surface area (TPSA) is 113 Å². The fourth-order valence-electron chi connectivity index (χ4n) is 4.00. The molecule has 9 heteroatoms. The smallest absolute Gasteiger partial charge is 0.246 e. The van der Waals surface area contributed by atoms with E-state index in [-0.39, 0.29) is 42.0 Å². The van der Waals surface area contributed by atoms with Gasteiger partial charge in [0.15, 0.2) is 0 Å². The first kappa shape index (κ1) is 18.0. The highest BCUT2D eigenvalue weighted by Crippen LogP contribution is 2.37. The highest BCUT2D eigenvalue weighted by atomic mass is 32.2. The van der Waals surface area contributed by atoms with Gasteiger partial charge in [0.1, 0.15) is 12.1 Å². The fourth-order valence-corrected chi connectivity index (χ4v) is 5.40. The van der Waals surface area contributed by atoms with Crippen molar-refractivity contribution >= 4 is 35.4 Å². The first-order chi connectivity index (χ1) is 11.9. The summed E-state index contributed by atoms with van der Waals surface area (Å²) in [5, 5.41) is 2.85. The third-order valence-electron chi connectivity index (χ3n) is 5.19. The number of nitrogens with zero attached hydrogens (tertiary/aromatic N) is 2. The Kier molecular flexibility index (Phi) is 5.21. The van der Waals surface area contributed by atoms with Crippen LogP contribution in [0.25, 0.3) is 0 Å². The number of likely N-dealkylation sites (tertiary alicyclic amines) is 1. The Morgan fingerprint density at radius 2 is 2.08 bits per heavy atom. The minimum Gasteiger partial charge on any atom is -0.368 e. The third-order valence-corrected chi connectivity index (χ3v) is 6.58. The number of rotatable bonds is 4. The summed E-state index contributed by atoms with van der Waals surface area (Å²) < 4.78 is 0. The van der Waals surface area contributed by atoms with E-state index < -0.39 is 18.0 Å². The molecule has 4 atom stereocenters. The molecule has 3 saturated heterocycles. The predicted octanol–water partition coefficient (Wildman–Crippen LogP) is -0.926. The molecular weight excluding hydrogens is 344 g/mol. The van der Waals surface area contributed by atoms with Crippen LogP contribution in [0.4, 0.5) is 0 Å². The van der Waals surface area contributed by atoms with Crippen LogP contribution in [0.5, 0.6) is 0 Å². The number of nitrogens with two attached hydrogens (primary N) is 1. The van der Waals surface area contributed by atoms with Crippen molar-refractivity contribution in [3.63, 3.8) is 0 Å². The number of primary amides is 1. The standard InChI is InChI=1S/C16H24N4O4S/c1-9(21)18-5-4-14(22)19-7-11-6-13(19)16(24)20-10(8-25-11)2-3-12(20)15(17)23/h10-13H,2-8H2,1H3,(H2,17,23)(H,18,21)/t10?,11-,12+,13-/m1/s1. The zero-order chi connectivity index (χ0) is 18.1. The van der Waals surface area contributed by atoms with Gasteiger partial charge in [0, 0.05) is 43.5 Å². The zero-order valence-corrected chi connectivity index (χ0v) is 15.1. The molecule has 2 bridgehead atoms. The molecule has 4 amide bonds. The molecular formula is C16H24N4O4S. The molecule has 0 saturated carbocycles. The Hall–Kier alpha value is -1.77. The van der Waals surface area contributed by atoms with Gasteiger partial charge >= 0.3 is 0 Å². The van der Waals surface area contributed by atoms with Crippen molar-refractivity contribution in [2.24, 2.45) is 5.73 Å². The van der Waals surface area contributed by atoms with Gasteiger partial charge in [-0.15, -0.1) is 0 Å². The second kappa shape index (κ2) is 7.23. The summed E-state index contributed by atoms with van der Waals surface area (Å²) >= 11 is 1.77. The second-order valence-electron chi connectivity index (χ2n) is 6.88. The largest absolute Gasteiger partial charge is 0.368 e. The van der Waals surface area contributed by atoms with Crippen LogP contribution in [-0.2, 0) is 19.2 Å². The first-order valence-corrected chi connectivity index (χ1v) is 9.70. The van der Waals surface area contributed by atoms with Crippen molar-refractivity contribution in [2.75, 3.05) is 18.8 Å². The lowest BCUT2D eigenvalue weighted by Crippen LogP contribution is -2.55. The molecule has 0 aromatic heterocycles. The van der Waals surface area contributed by atoms with Crippen LogP contribution >= 0.6 is 11.8 Å². The van der Waals surface area contributed by atoms with Gasteiger partial charge < -0.3 is 20.9 Å². The summed E-state index contributed by atoms with van der Waals surface area (Å²) in [5.74, 6) is -0.164. The van der Waals surface area contributed by atoms with Crippen molar-refractivity contribution in [3.05, 3.63) is 0 Å². The molecule has 0 aromatic rings. The number of fused-ring (bicyclic) bond motifs is 3. The summed E-state index contributed by atoms with van der Waals surface area (Å²) in [5.41, 5.74) is 5.48. The van der Waals surface area contributed by atoms with Crippen molar-refractivity contribution in [2.45, 2.75) is 56.0 Å². The van der Waals surface area contributed by atoms with Gasteiger partial charge in [-0.25, -0.2) is 0 Å². The Labute approximate surface area is 150 Å². The van der Waals surface area contributed by atoms with E-state index in [1.54, 1.807) is 21.6 Å². The van der Waals surface area contributed by atoms with E-state index in [2.05, 4.69) is 5.32 Å².